The van der Waals surface area contributed by atoms with Gasteiger partial charge in [0.05, 0.1) is 0 Å². The average molecular weight is 408 g/mol. The zero-order valence-electron chi connectivity index (χ0n) is 10.6. The summed E-state index contributed by atoms with van der Waals surface area (Å²) in [7, 11) is 0. The van der Waals surface area contributed by atoms with Crippen LogP contribution in [0.2, 0.25) is 0 Å². The SMILES string of the molecule is O=C(O)C(F)(F)C(F)(F)O/C(F)=C(\F)OC(F)(F)C(F)(F)C(F)(F)F. The number of rotatable bonds is 7. The molecule has 1 N–H and O–H groups in total. The monoisotopic (exact) mass is 408 g/mol. The standard InChI is InChI=1S/C8HF13O4/c9-1(24-7(18,19)4(11,12)3(22)23)2(10)25-8(20,21)5(13,14)6(15,16)17/h(H,22,23)/b2-1+. The van der Waals surface area contributed by atoms with Crippen LogP contribution in [0.25, 0.3) is 0 Å². The van der Waals surface area contributed by atoms with E-state index in [9.17, 15) is 61.9 Å². The maximum atomic E-state index is 12.6. The van der Waals surface area contributed by atoms with Crippen molar-refractivity contribution in [2.24, 2.45) is 0 Å². The van der Waals surface area contributed by atoms with E-state index in [1.54, 1.807) is 0 Å². The highest BCUT2D eigenvalue weighted by atomic mass is 19.4. The molecule has 25 heavy (non-hydrogen) atoms. The highest BCUT2D eigenvalue weighted by Gasteiger charge is 2.76. The van der Waals surface area contributed by atoms with Crippen LogP contribution < -0.4 is 0 Å². The predicted octanol–water partition coefficient (Wildman–Crippen LogP) is 4.19. The van der Waals surface area contributed by atoms with Gasteiger partial charge in [-0.05, 0) is 0 Å². The van der Waals surface area contributed by atoms with Gasteiger partial charge >= 0.3 is 48.2 Å². The molecular weight excluding hydrogens is 407 g/mol. The molecule has 0 bridgehead atoms. The predicted molar refractivity (Wildman–Crippen MR) is 44.9 cm³/mol. The molecule has 0 aromatic heterocycles. The molecule has 148 valence electrons. The van der Waals surface area contributed by atoms with E-state index in [1.807, 2.05) is 4.74 Å². The number of alkyl halides is 11. The second kappa shape index (κ2) is 6.32. The maximum absolute atomic E-state index is 12.6. The van der Waals surface area contributed by atoms with Crippen LogP contribution in [0.15, 0.2) is 12.0 Å². The Kier molecular flexibility index (Phi) is 5.79. The Morgan fingerprint density at radius 3 is 1.28 bits per heavy atom. The average Bonchev–Trinajstić information content (AvgIpc) is 2.35. The lowest BCUT2D eigenvalue weighted by Gasteiger charge is -2.27. The summed E-state index contributed by atoms with van der Waals surface area (Å²) >= 11 is 0. The fourth-order valence-corrected chi connectivity index (χ4v) is 0.723. The highest BCUT2D eigenvalue weighted by Crippen LogP contribution is 2.48. The van der Waals surface area contributed by atoms with Gasteiger partial charge in [0.2, 0.25) is 0 Å². The van der Waals surface area contributed by atoms with Crippen LogP contribution in [0.5, 0.6) is 0 Å². The van der Waals surface area contributed by atoms with Crippen LogP contribution >= 0.6 is 0 Å². The van der Waals surface area contributed by atoms with E-state index in [1.165, 1.54) is 0 Å². The maximum Gasteiger partial charge on any atom is 0.478 e. The lowest BCUT2D eigenvalue weighted by atomic mass is 10.3. The number of halogens is 13. The molecule has 0 saturated heterocycles. The summed E-state index contributed by atoms with van der Waals surface area (Å²) in [6.07, 6.45) is -20.5. The van der Waals surface area contributed by atoms with E-state index in [0.29, 0.717) is 0 Å². The number of carboxylic acid groups (broad SMARTS) is 1. The van der Waals surface area contributed by atoms with Crippen LogP contribution in [-0.2, 0) is 14.3 Å². The first-order valence-electron chi connectivity index (χ1n) is 4.95. The number of carbonyl (C=O) groups is 1. The first-order chi connectivity index (χ1) is 10.7. The Morgan fingerprint density at radius 1 is 0.680 bits per heavy atom. The van der Waals surface area contributed by atoms with Gasteiger partial charge in [0, 0.05) is 0 Å². The fraction of sp³-hybridized carbons (Fsp3) is 0.625. The quantitative estimate of drug-likeness (QED) is 0.507. The van der Waals surface area contributed by atoms with Crippen molar-refractivity contribution in [1.29, 1.82) is 0 Å². The summed E-state index contributed by atoms with van der Waals surface area (Å²) in [5, 5.41) is 7.69. The number of hydrogen-bond donors (Lipinski definition) is 1. The zero-order valence-corrected chi connectivity index (χ0v) is 10.6. The van der Waals surface area contributed by atoms with Crippen LogP contribution in [-0.4, -0.2) is 41.3 Å². The second-order valence-electron chi connectivity index (χ2n) is 3.74. The number of aliphatic carboxylic acids is 1. The van der Waals surface area contributed by atoms with Crippen molar-refractivity contribution in [2.45, 2.75) is 30.2 Å². The van der Waals surface area contributed by atoms with Gasteiger partial charge in [-0.15, -0.1) is 0 Å². The van der Waals surface area contributed by atoms with Crippen molar-refractivity contribution in [3.63, 3.8) is 0 Å². The largest absolute Gasteiger partial charge is 0.478 e. The van der Waals surface area contributed by atoms with E-state index in [-0.39, 0.29) is 0 Å². The first kappa shape index (κ1) is 22.9. The summed E-state index contributed by atoms with van der Waals surface area (Å²) in [5.74, 6) is -17.1. The van der Waals surface area contributed by atoms with Crippen molar-refractivity contribution in [1.82, 2.24) is 0 Å². The molecule has 0 spiro atoms. The van der Waals surface area contributed by atoms with Gasteiger partial charge in [-0.1, -0.05) is 0 Å². The van der Waals surface area contributed by atoms with Crippen molar-refractivity contribution >= 4 is 5.97 Å². The third-order valence-corrected chi connectivity index (χ3v) is 1.95. The Bertz CT molecular complexity index is 549. The zero-order chi connectivity index (χ0) is 20.6. The Hall–Kier alpha value is -2.10. The summed E-state index contributed by atoms with van der Waals surface area (Å²) in [4.78, 5) is 9.77. The molecule has 0 aliphatic rings. The molecular formula is C8HF13O4. The Balaban J connectivity index is 5.59. The summed E-state index contributed by atoms with van der Waals surface area (Å²) in [5.41, 5.74) is 0. The van der Waals surface area contributed by atoms with Gasteiger partial charge in [-0.25, -0.2) is 4.79 Å². The van der Waals surface area contributed by atoms with Gasteiger partial charge < -0.3 is 14.6 Å². The summed E-state index contributed by atoms with van der Waals surface area (Å²) in [6.45, 7) is 0. The molecule has 4 nitrogen and oxygen atoms in total. The summed E-state index contributed by atoms with van der Waals surface area (Å²) in [6, 6.07) is -8.00. The van der Waals surface area contributed by atoms with Crippen molar-refractivity contribution in [3.8, 4) is 0 Å². The molecule has 0 unspecified atom stereocenters. The van der Waals surface area contributed by atoms with E-state index >= 15 is 0 Å². The topological polar surface area (TPSA) is 55.8 Å². The third kappa shape index (κ3) is 4.30. The highest BCUT2D eigenvalue weighted by molar-refractivity contribution is 5.76. The Morgan fingerprint density at radius 2 is 1.00 bits per heavy atom. The molecule has 0 heterocycles. The van der Waals surface area contributed by atoms with Crippen LogP contribution in [0.1, 0.15) is 0 Å². The van der Waals surface area contributed by atoms with Gasteiger partial charge in [0.25, 0.3) is 0 Å². The minimum atomic E-state index is -7.18. The smallest absolute Gasteiger partial charge is 0.477 e. The van der Waals surface area contributed by atoms with E-state index in [0.717, 1.165) is 0 Å². The van der Waals surface area contributed by atoms with Crippen molar-refractivity contribution < 1.29 is 76.5 Å². The van der Waals surface area contributed by atoms with Gasteiger partial charge in [-0.2, -0.15) is 57.1 Å². The molecule has 0 aliphatic heterocycles. The van der Waals surface area contributed by atoms with Crippen molar-refractivity contribution in [2.75, 3.05) is 0 Å². The first-order valence-corrected chi connectivity index (χ1v) is 4.95. The van der Waals surface area contributed by atoms with E-state index in [2.05, 4.69) is 4.74 Å². The van der Waals surface area contributed by atoms with Crippen LogP contribution in [0.4, 0.5) is 57.1 Å². The fourth-order valence-electron chi connectivity index (χ4n) is 0.723. The molecule has 0 saturated carbocycles. The molecule has 0 aromatic rings. The second-order valence-corrected chi connectivity index (χ2v) is 3.74. The molecule has 0 radical (unpaired) electrons. The normalized spacial score (nSPS) is 15.6. The molecule has 0 aromatic carbocycles. The van der Waals surface area contributed by atoms with Gasteiger partial charge in [0.1, 0.15) is 0 Å². The molecule has 0 rings (SSSR count). The summed E-state index contributed by atoms with van der Waals surface area (Å²) < 4.78 is 163. The molecule has 0 atom stereocenters. The molecule has 17 heteroatoms. The lowest BCUT2D eigenvalue weighted by molar-refractivity contribution is -0.420. The molecule has 0 aliphatic carbocycles. The minimum absolute atomic E-state index is 1.89. The lowest BCUT2D eigenvalue weighted by Crippen LogP contribution is -2.53. The molecule has 0 fully saturated rings. The van der Waals surface area contributed by atoms with E-state index in [4.69, 9.17) is 5.11 Å². The van der Waals surface area contributed by atoms with Gasteiger partial charge in [0.15, 0.2) is 0 Å². The molecule has 0 amide bonds. The van der Waals surface area contributed by atoms with Crippen LogP contribution in [0, 0.1) is 0 Å². The number of hydrogen-bond acceptors (Lipinski definition) is 3. The minimum Gasteiger partial charge on any atom is -0.477 e. The van der Waals surface area contributed by atoms with E-state index < -0.39 is 48.2 Å². The van der Waals surface area contributed by atoms with Crippen LogP contribution in [0.3, 0.4) is 0 Å². The van der Waals surface area contributed by atoms with Crippen molar-refractivity contribution in [3.05, 3.63) is 12.0 Å². The Labute approximate surface area is 126 Å². The van der Waals surface area contributed by atoms with Gasteiger partial charge in [-0.3, -0.25) is 0 Å². The third-order valence-electron chi connectivity index (χ3n) is 1.95. The number of ether oxygens (including phenoxy) is 2. The number of carboxylic acids is 1.